The lowest BCUT2D eigenvalue weighted by molar-refractivity contribution is -0.124. The number of hydrogen-bond donors (Lipinski definition) is 1. The van der Waals surface area contributed by atoms with E-state index in [4.69, 9.17) is 4.42 Å². The Labute approximate surface area is 111 Å². The van der Waals surface area contributed by atoms with Crippen molar-refractivity contribution in [3.63, 3.8) is 0 Å². The summed E-state index contributed by atoms with van der Waals surface area (Å²) >= 11 is 0. The summed E-state index contributed by atoms with van der Waals surface area (Å²) in [6.07, 6.45) is 0. The molecule has 1 N–H and O–H groups in total. The number of amidine groups is 1. The number of carbonyl (C=O) groups is 1. The van der Waals surface area contributed by atoms with Crippen molar-refractivity contribution in [1.82, 2.24) is 5.32 Å². The summed E-state index contributed by atoms with van der Waals surface area (Å²) in [5, 5.41) is 3.83. The van der Waals surface area contributed by atoms with Crippen molar-refractivity contribution in [3.05, 3.63) is 36.1 Å². The number of furan rings is 1. The van der Waals surface area contributed by atoms with Gasteiger partial charge in [-0.25, -0.2) is 4.99 Å². The fourth-order valence-corrected chi connectivity index (χ4v) is 2.15. The molecule has 0 bridgehead atoms. The van der Waals surface area contributed by atoms with Crippen molar-refractivity contribution in [2.45, 2.75) is 26.3 Å². The summed E-state index contributed by atoms with van der Waals surface area (Å²) in [6, 6.07) is 9.65. The molecule has 1 aromatic heterocycles. The van der Waals surface area contributed by atoms with Crippen LogP contribution >= 0.6 is 0 Å². The maximum absolute atomic E-state index is 12.1. The summed E-state index contributed by atoms with van der Waals surface area (Å²) in [4.78, 5) is 16.6. The van der Waals surface area contributed by atoms with E-state index in [1.54, 1.807) is 0 Å². The van der Waals surface area contributed by atoms with Gasteiger partial charge in [0.1, 0.15) is 11.1 Å². The highest BCUT2D eigenvalue weighted by atomic mass is 16.3. The molecule has 0 fully saturated rings. The van der Waals surface area contributed by atoms with E-state index < -0.39 is 5.54 Å². The highest BCUT2D eigenvalue weighted by Gasteiger charge is 2.42. The zero-order chi connectivity index (χ0) is 13.6. The molecule has 0 saturated carbocycles. The Morgan fingerprint density at radius 1 is 1.32 bits per heavy atom. The molecule has 19 heavy (non-hydrogen) atoms. The van der Waals surface area contributed by atoms with Crippen molar-refractivity contribution in [2.24, 2.45) is 10.9 Å². The Bertz CT molecular complexity index is 651. The number of para-hydroxylation sites is 1. The lowest BCUT2D eigenvalue weighted by Gasteiger charge is -2.21. The SMILES string of the molecule is CC(C)C1(C)N=C(c2cc3ccccc3o2)NC1=O. The fraction of sp³-hybridized carbons (Fsp3) is 0.333. The van der Waals surface area contributed by atoms with Gasteiger partial charge >= 0.3 is 0 Å². The minimum absolute atomic E-state index is 0.0713. The molecule has 1 aliphatic rings. The summed E-state index contributed by atoms with van der Waals surface area (Å²) < 4.78 is 5.73. The third-order valence-corrected chi connectivity index (χ3v) is 3.82. The number of hydrogen-bond acceptors (Lipinski definition) is 3. The zero-order valence-corrected chi connectivity index (χ0v) is 11.2. The van der Waals surface area contributed by atoms with Gasteiger partial charge in [0.2, 0.25) is 0 Å². The summed E-state index contributed by atoms with van der Waals surface area (Å²) in [7, 11) is 0. The molecule has 0 saturated heterocycles. The number of aliphatic imine (C=N–C) groups is 1. The second-order valence-electron chi connectivity index (χ2n) is 5.37. The molecule has 1 aromatic carbocycles. The van der Waals surface area contributed by atoms with Crippen LogP contribution < -0.4 is 5.32 Å². The molecule has 1 aliphatic heterocycles. The highest BCUT2D eigenvalue weighted by Crippen LogP contribution is 2.28. The highest BCUT2D eigenvalue weighted by molar-refractivity contribution is 6.15. The van der Waals surface area contributed by atoms with Crippen LogP contribution in [0.3, 0.4) is 0 Å². The van der Waals surface area contributed by atoms with Crippen LogP contribution in [0, 0.1) is 5.92 Å². The molecule has 1 atom stereocenters. The van der Waals surface area contributed by atoms with Gasteiger partial charge in [-0.15, -0.1) is 0 Å². The molecular formula is C15H16N2O2. The topological polar surface area (TPSA) is 54.6 Å². The van der Waals surface area contributed by atoms with Crippen molar-refractivity contribution in [3.8, 4) is 0 Å². The van der Waals surface area contributed by atoms with E-state index in [1.807, 2.05) is 51.1 Å². The molecule has 0 spiro atoms. The Kier molecular flexibility index (Phi) is 2.49. The fourth-order valence-electron chi connectivity index (χ4n) is 2.15. The quantitative estimate of drug-likeness (QED) is 0.898. The van der Waals surface area contributed by atoms with Gasteiger partial charge in [0, 0.05) is 5.39 Å². The van der Waals surface area contributed by atoms with E-state index in [1.165, 1.54) is 0 Å². The second kappa shape index (κ2) is 3.95. The summed E-state index contributed by atoms with van der Waals surface area (Å²) in [5.74, 6) is 1.20. The summed E-state index contributed by atoms with van der Waals surface area (Å²) in [5.41, 5.74) is 0.0847. The smallest absolute Gasteiger partial charge is 0.253 e. The van der Waals surface area contributed by atoms with Crippen molar-refractivity contribution < 1.29 is 9.21 Å². The van der Waals surface area contributed by atoms with E-state index in [0.717, 1.165) is 11.0 Å². The van der Waals surface area contributed by atoms with Gasteiger partial charge in [-0.2, -0.15) is 0 Å². The molecule has 1 unspecified atom stereocenters. The van der Waals surface area contributed by atoms with E-state index in [2.05, 4.69) is 10.3 Å². The van der Waals surface area contributed by atoms with Crippen LogP contribution in [0.4, 0.5) is 0 Å². The van der Waals surface area contributed by atoms with E-state index in [-0.39, 0.29) is 11.8 Å². The zero-order valence-electron chi connectivity index (χ0n) is 11.2. The normalized spacial score (nSPS) is 22.9. The van der Waals surface area contributed by atoms with E-state index in [0.29, 0.717) is 11.6 Å². The van der Waals surface area contributed by atoms with E-state index >= 15 is 0 Å². The van der Waals surface area contributed by atoms with Crippen molar-refractivity contribution in [1.29, 1.82) is 0 Å². The predicted molar refractivity (Wildman–Crippen MR) is 74.1 cm³/mol. The third kappa shape index (κ3) is 1.75. The first kappa shape index (κ1) is 12.0. The van der Waals surface area contributed by atoms with Crippen LogP contribution in [0.2, 0.25) is 0 Å². The Balaban J connectivity index is 2.06. The number of nitrogens with one attached hydrogen (secondary N) is 1. The third-order valence-electron chi connectivity index (χ3n) is 3.82. The van der Waals surface area contributed by atoms with Crippen molar-refractivity contribution in [2.75, 3.05) is 0 Å². The molecule has 2 heterocycles. The number of nitrogens with zero attached hydrogens (tertiary/aromatic N) is 1. The van der Waals surface area contributed by atoms with Crippen LogP contribution in [0.5, 0.6) is 0 Å². The van der Waals surface area contributed by atoms with Crippen LogP contribution in [-0.4, -0.2) is 17.3 Å². The Morgan fingerprint density at radius 2 is 2.05 bits per heavy atom. The monoisotopic (exact) mass is 256 g/mol. The first-order valence-electron chi connectivity index (χ1n) is 6.41. The number of benzene rings is 1. The molecule has 4 nitrogen and oxygen atoms in total. The molecule has 2 aromatic rings. The van der Waals surface area contributed by atoms with Gasteiger partial charge in [-0.05, 0) is 25.0 Å². The average Bonchev–Trinajstić information content (AvgIpc) is 2.92. The first-order chi connectivity index (χ1) is 9.00. The van der Waals surface area contributed by atoms with Crippen LogP contribution in [0.1, 0.15) is 26.5 Å². The van der Waals surface area contributed by atoms with Gasteiger partial charge in [-0.1, -0.05) is 32.0 Å². The van der Waals surface area contributed by atoms with Gasteiger partial charge < -0.3 is 9.73 Å². The predicted octanol–water partition coefficient (Wildman–Crippen LogP) is 2.72. The maximum atomic E-state index is 12.1. The summed E-state index contributed by atoms with van der Waals surface area (Å²) in [6.45, 7) is 5.83. The number of rotatable bonds is 2. The Morgan fingerprint density at radius 3 is 2.68 bits per heavy atom. The first-order valence-corrected chi connectivity index (χ1v) is 6.41. The second-order valence-corrected chi connectivity index (χ2v) is 5.37. The number of carbonyl (C=O) groups excluding carboxylic acids is 1. The van der Waals surface area contributed by atoms with E-state index in [9.17, 15) is 4.79 Å². The van der Waals surface area contributed by atoms with Crippen LogP contribution in [0.25, 0.3) is 11.0 Å². The number of fused-ring (bicyclic) bond motifs is 1. The molecule has 0 radical (unpaired) electrons. The molecular weight excluding hydrogens is 240 g/mol. The molecule has 4 heteroatoms. The number of amides is 1. The van der Waals surface area contributed by atoms with Gasteiger partial charge in [0.05, 0.1) is 0 Å². The maximum Gasteiger partial charge on any atom is 0.253 e. The van der Waals surface area contributed by atoms with Gasteiger partial charge in [0.25, 0.3) is 5.91 Å². The van der Waals surface area contributed by atoms with Gasteiger partial charge in [-0.3, -0.25) is 4.79 Å². The standard InChI is InChI=1S/C15H16N2O2/c1-9(2)15(3)14(18)16-13(17-15)12-8-10-6-4-5-7-11(10)19-12/h4-9H,1-3H3,(H,16,17,18). The minimum atomic E-state index is -0.714. The van der Waals surface area contributed by atoms with Crippen molar-refractivity contribution >= 4 is 22.7 Å². The van der Waals surface area contributed by atoms with Crippen LogP contribution in [-0.2, 0) is 4.79 Å². The lowest BCUT2D eigenvalue weighted by Crippen LogP contribution is -2.41. The minimum Gasteiger partial charge on any atom is -0.453 e. The molecule has 0 aliphatic carbocycles. The molecule has 3 rings (SSSR count). The molecule has 1 amide bonds. The van der Waals surface area contributed by atoms with Gasteiger partial charge in [0.15, 0.2) is 11.6 Å². The lowest BCUT2D eigenvalue weighted by atomic mass is 9.89. The molecule has 98 valence electrons. The average molecular weight is 256 g/mol. The largest absolute Gasteiger partial charge is 0.453 e. The van der Waals surface area contributed by atoms with Crippen LogP contribution in [0.15, 0.2) is 39.7 Å². The Hall–Kier alpha value is -2.10.